The van der Waals surface area contributed by atoms with Crippen LogP contribution in [0.5, 0.6) is 5.75 Å². The number of methoxy groups -OCH3 is 1. The van der Waals surface area contributed by atoms with Crippen molar-refractivity contribution in [2.75, 3.05) is 20.2 Å². The van der Waals surface area contributed by atoms with E-state index < -0.39 is 24.3 Å². The Kier molecular flexibility index (Phi) is 13.2. The van der Waals surface area contributed by atoms with Crippen molar-refractivity contribution in [3.63, 3.8) is 0 Å². The SMILES string of the molecule is COc1c(C(=O)NC2CCN(Cc3ccccc3)CC2)sc2c1c(=O)n(Cc1ccccn1)c1ccccc21.O=C(O)C(F)(F)F.O=C(O)C(F)(F)F. The summed E-state index contributed by atoms with van der Waals surface area (Å²) in [5, 5.41) is 18.8. The molecule has 3 aromatic heterocycles. The summed E-state index contributed by atoms with van der Waals surface area (Å²) in [6, 6.07) is 24.0. The maximum Gasteiger partial charge on any atom is 0.490 e. The number of amides is 1. The quantitative estimate of drug-likeness (QED) is 0.162. The molecule has 1 saturated heterocycles. The molecule has 4 heterocycles. The molecule has 0 aliphatic carbocycles. The number of aromatic nitrogens is 2. The molecule has 1 aliphatic heterocycles. The Morgan fingerprint density at radius 1 is 0.868 bits per heavy atom. The highest BCUT2D eigenvalue weighted by molar-refractivity contribution is 7.22. The van der Waals surface area contributed by atoms with Gasteiger partial charge >= 0.3 is 24.3 Å². The van der Waals surface area contributed by atoms with Crippen LogP contribution in [-0.4, -0.2) is 81.1 Å². The topological polar surface area (TPSA) is 151 Å². The van der Waals surface area contributed by atoms with Gasteiger partial charge in [-0.25, -0.2) is 9.59 Å². The first kappa shape index (κ1) is 40.3. The number of aliphatic carboxylic acids is 2. The number of hydrogen-bond donors (Lipinski definition) is 3. The average Bonchev–Trinajstić information content (AvgIpc) is 3.52. The van der Waals surface area contributed by atoms with E-state index in [1.165, 1.54) is 24.0 Å². The first-order valence-corrected chi connectivity index (χ1v) is 16.5. The number of halogens is 6. The lowest BCUT2D eigenvalue weighted by Gasteiger charge is -2.32. The van der Waals surface area contributed by atoms with Crippen LogP contribution in [0.3, 0.4) is 0 Å². The first-order valence-electron chi connectivity index (χ1n) is 15.7. The Bertz CT molecular complexity index is 2070. The van der Waals surface area contributed by atoms with E-state index in [0.717, 1.165) is 53.8 Å². The van der Waals surface area contributed by atoms with Gasteiger partial charge < -0.3 is 24.8 Å². The summed E-state index contributed by atoms with van der Waals surface area (Å²) in [5.41, 5.74) is 2.71. The average molecular weight is 767 g/mol. The van der Waals surface area contributed by atoms with Crippen molar-refractivity contribution in [3.8, 4) is 5.75 Å². The predicted molar refractivity (Wildman–Crippen MR) is 183 cm³/mol. The van der Waals surface area contributed by atoms with Crippen molar-refractivity contribution in [3.05, 3.63) is 105 Å². The van der Waals surface area contributed by atoms with Crippen molar-refractivity contribution in [1.82, 2.24) is 19.8 Å². The van der Waals surface area contributed by atoms with Crippen LogP contribution in [0.4, 0.5) is 26.3 Å². The minimum absolute atomic E-state index is 0.0806. The molecule has 2 aromatic carbocycles. The number of fused-ring (bicyclic) bond motifs is 3. The third-order valence-corrected chi connectivity index (χ3v) is 9.08. The van der Waals surface area contributed by atoms with Gasteiger partial charge in [0.25, 0.3) is 11.5 Å². The van der Waals surface area contributed by atoms with E-state index in [1.54, 1.807) is 10.8 Å². The Morgan fingerprint density at radius 3 is 1.98 bits per heavy atom. The van der Waals surface area contributed by atoms with Crippen LogP contribution in [0, 0.1) is 0 Å². The van der Waals surface area contributed by atoms with Crippen molar-refractivity contribution >= 4 is 50.2 Å². The van der Waals surface area contributed by atoms with E-state index in [2.05, 4.69) is 39.5 Å². The Hall–Kier alpha value is -5.49. The number of alkyl halides is 6. The number of hydrogen-bond acceptors (Lipinski definition) is 8. The minimum Gasteiger partial charge on any atom is -0.494 e. The zero-order valence-electron chi connectivity index (χ0n) is 27.8. The van der Waals surface area contributed by atoms with Gasteiger partial charge in [-0.1, -0.05) is 54.6 Å². The molecule has 282 valence electrons. The number of nitrogens with one attached hydrogen (secondary N) is 1. The molecule has 1 amide bonds. The molecule has 1 aliphatic rings. The fourth-order valence-corrected chi connectivity index (χ4v) is 6.63. The summed E-state index contributed by atoms with van der Waals surface area (Å²) in [4.78, 5) is 52.5. The van der Waals surface area contributed by atoms with E-state index >= 15 is 0 Å². The molecule has 0 saturated carbocycles. The molecule has 0 spiro atoms. The van der Waals surface area contributed by atoms with Gasteiger partial charge in [-0.3, -0.25) is 19.5 Å². The lowest BCUT2D eigenvalue weighted by atomic mass is 10.0. The lowest BCUT2D eigenvalue weighted by molar-refractivity contribution is -0.193. The second-order valence-electron chi connectivity index (χ2n) is 11.5. The minimum atomic E-state index is -5.08. The Morgan fingerprint density at radius 2 is 1.43 bits per heavy atom. The number of carboxylic acids is 2. The van der Waals surface area contributed by atoms with Gasteiger partial charge in [0.15, 0.2) is 5.75 Å². The number of para-hydroxylation sites is 1. The molecule has 53 heavy (non-hydrogen) atoms. The van der Waals surface area contributed by atoms with E-state index in [0.29, 0.717) is 22.6 Å². The summed E-state index contributed by atoms with van der Waals surface area (Å²) in [6.07, 6.45) is -6.68. The van der Waals surface area contributed by atoms with Crippen LogP contribution in [-0.2, 0) is 22.7 Å². The third-order valence-electron chi connectivity index (χ3n) is 7.88. The smallest absolute Gasteiger partial charge is 0.490 e. The monoisotopic (exact) mass is 766 g/mol. The fraction of sp³-hybridized carbons (Fsp3) is 0.286. The molecule has 3 N–H and O–H groups in total. The van der Waals surface area contributed by atoms with Gasteiger partial charge in [-0.15, -0.1) is 11.3 Å². The van der Waals surface area contributed by atoms with E-state index in [4.69, 9.17) is 24.5 Å². The van der Waals surface area contributed by atoms with Gasteiger partial charge in [0.2, 0.25) is 0 Å². The number of nitrogens with zero attached hydrogens (tertiary/aromatic N) is 3. The largest absolute Gasteiger partial charge is 0.494 e. The molecule has 5 aromatic rings. The normalized spacial score (nSPS) is 13.7. The van der Waals surface area contributed by atoms with E-state index in [-0.39, 0.29) is 17.5 Å². The van der Waals surface area contributed by atoms with Crippen LogP contribution in [0.25, 0.3) is 21.0 Å². The zero-order chi connectivity index (χ0) is 38.9. The number of likely N-dealkylation sites (tertiary alicyclic amines) is 1. The van der Waals surface area contributed by atoms with Gasteiger partial charge in [-0.2, -0.15) is 26.3 Å². The Labute approximate surface area is 301 Å². The summed E-state index contributed by atoms with van der Waals surface area (Å²) in [5.74, 6) is -5.35. The summed E-state index contributed by atoms with van der Waals surface area (Å²) in [6.45, 7) is 3.10. The van der Waals surface area contributed by atoms with Crippen LogP contribution in [0.15, 0.2) is 83.8 Å². The number of carbonyl (C=O) groups is 3. The molecule has 11 nitrogen and oxygen atoms in total. The molecule has 0 bridgehead atoms. The second kappa shape index (κ2) is 17.4. The lowest BCUT2D eigenvalue weighted by Crippen LogP contribution is -2.44. The molecule has 1 fully saturated rings. The van der Waals surface area contributed by atoms with Crippen LogP contribution < -0.4 is 15.6 Å². The van der Waals surface area contributed by atoms with E-state index in [1.807, 2.05) is 48.5 Å². The molecule has 6 rings (SSSR count). The van der Waals surface area contributed by atoms with Crippen molar-refractivity contribution in [2.45, 2.75) is 44.3 Å². The molecular weight excluding hydrogens is 734 g/mol. The van der Waals surface area contributed by atoms with Gasteiger partial charge in [0, 0.05) is 37.3 Å². The van der Waals surface area contributed by atoms with Crippen LogP contribution >= 0.6 is 11.3 Å². The van der Waals surface area contributed by atoms with Gasteiger partial charge in [0.1, 0.15) is 10.3 Å². The summed E-state index contributed by atoms with van der Waals surface area (Å²) >= 11 is 1.33. The number of piperidine rings is 1. The zero-order valence-corrected chi connectivity index (χ0v) is 28.6. The predicted octanol–water partition coefficient (Wildman–Crippen LogP) is 6.33. The third kappa shape index (κ3) is 10.5. The molecule has 0 unspecified atom stereocenters. The number of thiophene rings is 1. The number of rotatable bonds is 7. The summed E-state index contributed by atoms with van der Waals surface area (Å²) in [7, 11) is 1.53. The highest BCUT2D eigenvalue weighted by Gasteiger charge is 2.39. The molecular formula is C35H32F6N4O7S. The fourth-order valence-electron chi connectivity index (χ4n) is 5.43. The molecule has 0 radical (unpaired) electrons. The number of carbonyl (C=O) groups excluding carboxylic acids is 1. The molecule has 0 atom stereocenters. The number of ether oxygens (including phenoxy) is 1. The van der Waals surface area contributed by atoms with Crippen LogP contribution in [0.1, 0.15) is 33.8 Å². The highest BCUT2D eigenvalue weighted by atomic mass is 32.1. The maximum atomic E-state index is 13.9. The number of benzene rings is 2. The van der Waals surface area contributed by atoms with Gasteiger partial charge in [-0.05, 0) is 36.6 Å². The first-order chi connectivity index (χ1) is 25.0. The Balaban J connectivity index is 0.000000381. The van der Waals surface area contributed by atoms with Gasteiger partial charge in [0.05, 0.1) is 29.6 Å². The van der Waals surface area contributed by atoms with Crippen LogP contribution in [0.2, 0.25) is 0 Å². The molecule has 18 heteroatoms. The number of pyridine rings is 2. The highest BCUT2D eigenvalue weighted by Crippen LogP contribution is 2.39. The number of carboxylic acid groups (broad SMARTS) is 2. The standard InChI is InChI=1S/C31H30N4O3S.2C2HF3O2/c1-38-27-26-28(24-12-5-6-13-25(24)35(31(26)37)20-23-11-7-8-16-32-23)39-29(27)30(36)33-22-14-17-34(18-15-22)19-21-9-3-2-4-10-21;2*3-2(4,5)1(6)7/h2-13,16,22H,14-15,17-20H2,1H3,(H,33,36);2*(H,6,7). The van der Waals surface area contributed by atoms with Crippen molar-refractivity contribution in [2.24, 2.45) is 0 Å². The van der Waals surface area contributed by atoms with Crippen molar-refractivity contribution in [1.29, 1.82) is 0 Å². The maximum absolute atomic E-state index is 13.9. The van der Waals surface area contributed by atoms with E-state index in [9.17, 15) is 35.9 Å². The van der Waals surface area contributed by atoms with Crippen molar-refractivity contribution < 1.29 is 55.7 Å². The second-order valence-corrected chi connectivity index (χ2v) is 12.5. The summed E-state index contributed by atoms with van der Waals surface area (Å²) < 4.78 is 71.7.